The molecular weight excluding hydrogens is 221 g/mol. The lowest BCUT2D eigenvalue weighted by atomic mass is 10.2. The summed E-state index contributed by atoms with van der Waals surface area (Å²) in [7, 11) is 0. The van der Waals surface area contributed by atoms with Crippen LogP contribution >= 0.6 is 0 Å². The van der Waals surface area contributed by atoms with Gasteiger partial charge in [0.05, 0.1) is 11.9 Å². The second-order valence-corrected chi connectivity index (χ2v) is 3.26. The maximum Gasteiger partial charge on any atom is 0.219 e. The predicted octanol–water partition coefficient (Wildman–Crippen LogP) is 2.47. The largest absolute Gasteiger partial charge is 0.438 e. The monoisotopic (exact) mass is 229 g/mol. The van der Waals surface area contributed by atoms with Crippen LogP contribution in [0.25, 0.3) is 0 Å². The van der Waals surface area contributed by atoms with Gasteiger partial charge in [-0.1, -0.05) is 6.07 Å². The Balaban J connectivity index is 2.34. The van der Waals surface area contributed by atoms with Crippen LogP contribution in [0.3, 0.4) is 0 Å². The molecule has 0 saturated carbocycles. The Morgan fingerprint density at radius 2 is 2.12 bits per heavy atom. The van der Waals surface area contributed by atoms with Crippen LogP contribution < -0.4 is 10.5 Å². The fourth-order valence-electron chi connectivity index (χ4n) is 1.26. The highest BCUT2D eigenvalue weighted by Gasteiger charge is 2.09. The first kappa shape index (κ1) is 10.9. The van der Waals surface area contributed by atoms with E-state index in [1.165, 1.54) is 24.4 Å². The fourth-order valence-corrected chi connectivity index (χ4v) is 1.26. The summed E-state index contributed by atoms with van der Waals surface area (Å²) in [4.78, 5) is 3.90. The molecular formula is C12H8FN3O. The Labute approximate surface area is 97.1 Å². The highest BCUT2D eigenvalue weighted by molar-refractivity contribution is 5.46. The third-order valence-corrected chi connectivity index (χ3v) is 2.06. The van der Waals surface area contributed by atoms with Crippen molar-refractivity contribution < 1.29 is 9.13 Å². The number of nitriles is 1. The molecule has 1 aromatic carbocycles. The summed E-state index contributed by atoms with van der Waals surface area (Å²) in [6, 6.07) is 9.05. The average molecular weight is 229 g/mol. The molecule has 0 aliphatic carbocycles. The molecule has 1 aromatic heterocycles. The number of hydrogen-bond donors (Lipinski definition) is 1. The Hall–Kier alpha value is -2.61. The van der Waals surface area contributed by atoms with Gasteiger partial charge in [-0.15, -0.1) is 0 Å². The van der Waals surface area contributed by atoms with Gasteiger partial charge < -0.3 is 10.5 Å². The van der Waals surface area contributed by atoms with Crippen LogP contribution in [0.15, 0.2) is 36.5 Å². The first-order valence-corrected chi connectivity index (χ1v) is 4.78. The standard InChI is InChI=1S/C12H8FN3O/c13-10-2-1-3-11(9(10)6-14)17-12-5-4-8(15)7-16-12/h1-5,7H,15H2. The zero-order valence-corrected chi connectivity index (χ0v) is 8.72. The van der Waals surface area contributed by atoms with Crippen LogP contribution in [0, 0.1) is 17.1 Å². The molecule has 0 atom stereocenters. The minimum atomic E-state index is -0.625. The minimum absolute atomic E-state index is 0.129. The van der Waals surface area contributed by atoms with Crippen molar-refractivity contribution in [3.63, 3.8) is 0 Å². The second-order valence-electron chi connectivity index (χ2n) is 3.26. The number of halogens is 1. The number of hydrogen-bond acceptors (Lipinski definition) is 4. The van der Waals surface area contributed by atoms with Crippen molar-refractivity contribution >= 4 is 5.69 Å². The van der Waals surface area contributed by atoms with Gasteiger partial charge in [0.15, 0.2) is 0 Å². The maximum atomic E-state index is 13.3. The van der Waals surface area contributed by atoms with Crippen molar-refractivity contribution in [2.24, 2.45) is 0 Å². The molecule has 17 heavy (non-hydrogen) atoms. The Bertz CT molecular complexity index is 575. The van der Waals surface area contributed by atoms with E-state index in [0.29, 0.717) is 5.69 Å². The van der Waals surface area contributed by atoms with Crippen LogP contribution in [-0.2, 0) is 0 Å². The number of nitrogen functional groups attached to an aromatic ring is 1. The maximum absolute atomic E-state index is 13.3. The zero-order chi connectivity index (χ0) is 12.3. The summed E-state index contributed by atoms with van der Waals surface area (Å²) in [5.74, 6) is -0.244. The van der Waals surface area contributed by atoms with Gasteiger partial charge >= 0.3 is 0 Å². The third-order valence-electron chi connectivity index (χ3n) is 2.06. The van der Waals surface area contributed by atoms with Gasteiger partial charge in [0.2, 0.25) is 5.88 Å². The molecule has 1 heterocycles. The van der Waals surface area contributed by atoms with Gasteiger partial charge in [-0.05, 0) is 18.2 Å². The lowest BCUT2D eigenvalue weighted by Crippen LogP contribution is -1.94. The highest BCUT2D eigenvalue weighted by Crippen LogP contribution is 2.25. The van der Waals surface area contributed by atoms with Crippen molar-refractivity contribution in [3.8, 4) is 17.7 Å². The summed E-state index contributed by atoms with van der Waals surface area (Å²) in [6.45, 7) is 0. The molecule has 0 bridgehead atoms. The molecule has 0 amide bonds. The molecule has 5 heteroatoms. The highest BCUT2D eigenvalue weighted by atomic mass is 19.1. The van der Waals surface area contributed by atoms with E-state index in [0.717, 1.165) is 0 Å². The number of nitrogens with two attached hydrogens (primary N) is 1. The van der Waals surface area contributed by atoms with E-state index in [4.69, 9.17) is 15.7 Å². The SMILES string of the molecule is N#Cc1c(F)cccc1Oc1ccc(N)cn1. The molecule has 2 aromatic rings. The van der Waals surface area contributed by atoms with Gasteiger partial charge in [-0.25, -0.2) is 9.37 Å². The summed E-state index contributed by atoms with van der Waals surface area (Å²) in [6.07, 6.45) is 1.42. The number of anilines is 1. The van der Waals surface area contributed by atoms with Crippen LogP contribution in [0.1, 0.15) is 5.56 Å². The van der Waals surface area contributed by atoms with E-state index in [9.17, 15) is 4.39 Å². The number of ether oxygens (including phenoxy) is 1. The topological polar surface area (TPSA) is 71.9 Å². The van der Waals surface area contributed by atoms with E-state index >= 15 is 0 Å². The Kier molecular flexibility index (Phi) is 2.88. The van der Waals surface area contributed by atoms with Gasteiger partial charge in [-0.2, -0.15) is 5.26 Å². The number of benzene rings is 1. The molecule has 0 spiro atoms. The van der Waals surface area contributed by atoms with Crippen LogP contribution in [-0.4, -0.2) is 4.98 Å². The van der Waals surface area contributed by atoms with Crippen LogP contribution in [0.2, 0.25) is 0 Å². The van der Waals surface area contributed by atoms with Gasteiger partial charge in [-0.3, -0.25) is 0 Å². The van der Waals surface area contributed by atoms with Crippen LogP contribution in [0.5, 0.6) is 11.6 Å². The molecule has 0 aliphatic rings. The molecule has 4 nitrogen and oxygen atoms in total. The van der Waals surface area contributed by atoms with E-state index in [1.54, 1.807) is 18.2 Å². The van der Waals surface area contributed by atoms with Gasteiger partial charge in [0.1, 0.15) is 23.2 Å². The second kappa shape index (κ2) is 4.49. The molecule has 84 valence electrons. The van der Waals surface area contributed by atoms with E-state index in [2.05, 4.69) is 4.98 Å². The molecule has 2 rings (SSSR count). The summed E-state index contributed by atoms with van der Waals surface area (Å²) in [5.41, 5.74) is 5.82. The van der Waals surface area contributed by atoms with E-state index < -0.39 is 5.82 Å². The number of aromatic nitrogens is 1. The predicted molar refractivity (Wildman–Crippen MR) is 59.8 cm³/mol. The normalized spacial score (nSPS) is 9.65. The van der Waals surface area contributed by atoms with Gasteiger partial charge in [0.25, 0.3) is 0 Å². The van der Waals surface area contributed by atoms with Crippen molar-refractivity contribution in [1.82, 2.24) is 4.98 Å². The third kappa shape index (κ3) is 2.32. The summed E-state index contributed by atoms with van der Waals surface area (Å²) in [5, 5.41) is 8.81. The smallest absolute Gasteiger partial charge is 0.219 e. The van der Waals surface area contributed by atoms with E-state index in [1.807, 2.05) is 0 Å². The molecule has 0 aliphatic heterocycles. The summed E-state index contributed by atoms with van der Waals surface area (Å²) >= 11 is 0. The van der Waals surface area contributed by atoms with Crippen LogP contribution in [0.4, 0.5) is 10.1 Å². The van der Waals surface area contributed by atoms with E-state index in [-0.39, 0.29) is 17.2 Å². The molecule has 0 fully saturated rings. The summed E-state index contributed by atoms with van der Waals surface area (Å²) < 4.78 is 18.6. The van der Waals surface area contributed by atoms with Crippen molar-refractivity contribution in [2.75, 3.05) is 5.73 Å². The molecule has 2 N–H and O–H groups in total. The Morgan fingerprint density at radius 3 is 2.76 bits per heavy atom. The molecule has 0 saturated heterocycles. The number of rotatable bonds is 2. The molecule has 0 radical (unpaired) electrons. The fraction of sp³-hybridized carbons (Fsp3) is 0. The van der Waals surface area contributed by atoms with Gasteiger partial charge in [0, 0.05) is 6.07 Å². The van der Waals surface area contributed by atoms with Crippen molar-refractivity contribution in [3.05, 3.63) is 47.9 Å². The molecule has 0 unspecified atom stereocenters. The number of nitrogens with zero attached hydrogens (tertiary/aromatic N) is 2. The lowest BCUT2D eigenvalue weighted by molar-refractivity contribution is 0.456. The van der Waals surface area contributed by atoms with Crippen molar-refractivity contribution in [2.45, 2.75) is 0 Å². The quantitative estimate of drug-likeness (QED) is 0.858. The zero-order valence-electron chi connectivity index (χ0n) is 8.72. The van der Waals surface area contributed by atoms with Crippen molar-refractivity contribution in [1.29, 1.82) is 5.26 Å². The number of pyridine rings is 1. The average Bonchev–Trinajstić information content (AvgIpc) is 2.32. The Morgan fingerprint density at radius 1 is 1.29 bits per heavy atom. The first-order valence-electron chi connectivity index (χ1n) is 4.78. The first-order chi connectivity index (χ1) is 8.20. The lowest BCUT2D eigenvalue weighted by Gasteiger charge is -2.06. The minimum Gasteiger partial charge on any atom is -0.438 e.